The number of rotatable bonds is 2. The first-order valence-corrected chi connectivity index (χ1v) is 5.78. The van der Waals surface area contributed by atoms with Crippen LogP contribution in [0.5, 0.6) is 0 Å². The van der Waals surface area contributed by atoms with Gasteiger partial charge in [-0.05, 0) is 30.9 Å². The Balaban J connectivity index is 1.62. The van der Waals surface area contributed by atoms with E-state index in [4.69, 9.17) is 0 Å². The van der Waals surface area contributed by atoms with E-state index in [1.54, 1.807) is 24.5 Å². The van der Waals surface area contributed by atoms with Gasteiger partial charge in [-0.2, -0.15) is 5.10 Å². The number of hydrazone groups is 1. The number of fused-ring (bicyclic) bond motifs is 1. The molecule has 1 aromatic rings. The topological polar surface area (TPSA) is 54.4 Å². The van der Waals surface area contributed by atoms with Crippen LogP contribution in [0.2, 0.25) is 0 Å². The molecule has 4 nitrogen and oxygen atoms in total. The Morgan fingerprint density at radius 2 is 2.24 bits per heavy atom. The molecule has 0 radical (unpaired) electrons. The fraction of sp³-hybridized carbons (Fsp3) is 0.308. The first-order chi connectivity index (χ1) is 8.34. The third kappa shape index (κ3) is 1.86. The lowest BCUT2D eigenvalue weighted by Crippen LogP contribution is -2.35. The first-order valence-electron chi connectivity index (χ1n) is 5.78. The van der Waals surface area contributed by atoms with Gasteiger partial charge in [-0.1, -0.05) is 12.2 Å². The van der Waals surface area contributed by atoms with E-state index in [2.05, 4.69) is 27.7 Å². The minimum Gasteiger partial charge on any atom is -0.267 e. The minimum atomic E-state index is -0.172. The third-order valence-corrected chi connectivity index (χ3v) is 3.41. The number of pyridine rings is 1. The van der Waals surface area contributed by atoms with Crippen LogP contribution in [0.15, 0.2) is 41.8 Å². The van der Waals surface area contributed by atoms with Crippen LogP contribution in [0.25, 0.3) is 0 Å². The highest BCUT2D eigenvalue weighted by atomic mass is 16.2. The summed E-state index contributed by atoms with van der Waals surface area (Å²) in [7, 11) is 0. The summed E-state index contributed by atoms with van der Waals surface area (Å²) < 4.78 is 0. The van der Waals surface area contributed by atoms with Gasteiger partial charge in [0.15, 0.2) is 0 Å². The molecule has 4 heteroatoms. The highest BCUT2D eigenvalue weighted by Gasteiger charge is 2.37. The van der Waals surface area contributed by atoms with Gasteiger partial charge in [0.1, 0.15) is 0 Å². The van der Waals surface area contributed by atoms with Gasteiger partial charge in [-0.3, -0.25) is 9.78 Å². The van der Waals surface area contributed by atoms with Crippen molar-refractivity contribution < 1.29 is 4.79 Å². The predicted octanol–water partition coefficient (Wildman–Crippen LogP) is 1.76. The molecule has 0 bridgehead atoms. The number of carbonyl (C=O) groups excluding carboxylic acids is 1. The molecule has 0 saturated heterocycles. The number of hydrogen-bond acceptors (Lipinski definition) is 3. The normalized spacial score (nSPS) is 27.6. The van der Waals surface area contributed by atoms with Crippen molar-refractivity contribution in [3.63, 3.8) is 0 Å². The van der Waals surface area contributed by atoms with E-state index in [9.17, 15) is 4.79 Å². The second kappa shape index (κ2) is 4.13. The Labute approximate surface area is 99.4 Å². The van der Waals surface area contributed by atoms with Crippen LogP contribution in [0, 0.1) is 11.8 Å². The van der Waals surface area contributed by atoms with Crippen LogP contribution in [-0.4, -0.2) is 16.6 Å². The lowest BCUT2D eigenvalue weighted by atomic mass is 9.74. The molecule has 0 aliphatic heterocycles. The first kappa shape index (κ1) is 10.2. The summed E-state index contributed by atoms with van der Waals surface area (Å²) in [6.07, 6.45) is 9.69. The maximum atomic E-state index is 11.7. The van der Waals surface area contributed by atoms with Crippen LogP contribution in [0.1, 0.15) is 23.2 Å². The number of aromatic nitrogens is 1. The molecule has 1 fully saturated rings. The van der Waals surface area contributed by atoms with Crippen molar-refractivity contribution in [3.05, 3.63) is 42.2 Å². The molecule has 2 atom stereocenters. The Hall–Kier alpha value is -1.97. The van der Waals surface area contributed by atoms with Gasteiger partial charge in [0.2, 0.25) is 0 Å². The number of allylic oxidation sites excluding steroid dienone is 2. The second-order valence-corrected chi connectivity index (χ2v) is 4.42. The van der Waals surface area contributed by atoms with E-state index < -0.39 is 0 Å². The monoisotopic (exact) mass is 227 g/mol. The molecule has 2 aliphatic carbocycles. The van der Waals surface area contributed by atoms with Crippen molar-refractivity contribution in [2.45, 2.75) is 12.8 Å². The maximum Gasteiger partial charge on any atom is 0.271 e. The lowest BCUT2D eigenvalue weighted by Gasteiger charge is -2.31. The molecule has 1 saturated carbocycles. The smallest absolute Gasteiger partial charge is 0.267 e. The molecule has 1 amide bonds. The van der Waals surface area contributed by atoms with Crippen LogP contribution in [0.3, 0.4) is 0 Å². The van der Waals surface area contributed by atoms with Gasteiger partial charge >= 0.3 is 0 Å². The molecule has 3 rings (SSSR count). The zero-order chi connectivity index (χ0) is 11.7. The van der Waals surface area contributed by atoms with E-state index in [-0.39, 0.29) is 5.91 Å². The Morgan fingerprint density at radius 1 is 1.41 bits per heavy atom. The van der Waals surface area contributed by atoms with Gasteiger partial charge in [0, 0.05) is 29.6 Å². The molecule has 0 aromatic carbocycles. The molecule has 2 aliphatic rings. The molecule has 17 heavy (non-hydrogen) atoms. The molecule has 0 unspecified atom stereocenters. The van der Waals surface area contributed by atoms with E-state index in [0.717, 1.165) is 18.6 Å². The molecule has 0 spiro atoms. The van der Waals surface area contributed by atoms with Gasteiger partial charge < -0.3 is 0 Å². The quantitative estimate of drug-likeness (QED) is 0.618. The number of amides is 1. The van der Waals surface area contributed by atoms with Crippen molar-refractivity contribution in [2.75, 3.05) is 0 Å². The second-order valence-electron chi connectivity index (χ2n) is 4.42. The average molecular weight is 227 g/mol. The molecular weight excluding hydrogens is 214 g/mol. The fourth-order valence-electron chi connectivity index (χ4n) is 2.35. The summed E-state index contributed by atoms with van der Waals surface area (Å²) in [6, 6.07) is 3.35. The molecule has 1 heterocycles. The summed E-state index contributed by atoms with van der Waals surface area (Å²) in [4.78, 5) is 15.6. The molecule has 86 valence electrons. The average Bonchev–Trinajstić information content (AvgIpc) is 2.72. The fourth-order valence-corrected chi connectivity index (χ4v) is 2.35. The van der Waals surface area contributed by atoms with Gasteiger partial charge in [-0.15, -0.1) is 0 Å². The van der Waals surface area contributed by atoms with Crippen LogP contribution in [-0.2, 0) is 0 Å². The molecular formula is C13H13N3O. The van der Waals surface area contributed by atoms with E-state index in [1.807, 2.05) is 0 Å². The summed E-state index contributed by atoms with van der Waals surface area (Å²) in [5.41, 5.74) is 4.31. The number of hydrogen-bond donors (Lipinski definition) is 1. The third-order valence-electron chi connectivity index (χ3n) is 3.41. The van der Waals surface area contributed by atoms with Gasteiger partial charge in [0.05, 0.1) is 0 Å². The minimum absolute atomic E-state index is 0.172. The zero-order valence-corrected chi connectivity index (χ0v) is 9.34. The summed E-state index contributed by atoms with van der Waals surface area (Å²) in [5.74, 6) is 1.02. The summed E-state index contributed by atoms with van der Waals surface area (Å²) in [5, 5.41) is 4.21. The van der Waals surface area contributed by atoms with E-state index in [0.29, 0.717) is 17.4 Å². The Bertz CT molecular complexity index is 493. The van der Waals surface area contributed by atoms with Crippen molar-refractivity contribution >= 4 is 11.6 Å². The van der Waals surface area contributed by atoms with Crippen molar-refractivity contribution in [1.29, 1.82) is 0 Å². The van der Waals surface area contributed by atoms with Crippen molar-refractivity contribution in [1.82, 2.24) is 10.4 Å². The van der Waals surface area contributed by atoms with Crippen LogP contribution in [0.4, 0.5) is 0 Å². The lowest BCUT2D eigenvalue weighted by molar-refractivity contribution is 0.0954. The highest BCUT2D eigenvalue weighted by molar-refractivity contribution is 5.97. The standard InChI is InChI=1S/C13H13N3O/c17-13(9-4-6-14-7-5-9)16-15-12-8-10-2-1-3-11(10)12/h1-2,4-7,10-11H,3,8H2,(H,16,17)/b15-12-/t10-,11+/m0/s1. The zero-order valence-electron chi connectivity index (χ0n) is 9.34. The van der Waals surface area contributed by atoms with Crippen LogP contribution >= 0.6 is 0 Å². The number of nitrogens with zero attached hydrogens (tertiary/aromatic N) is 2. The number of nitrogens with one attached hydrogen (secondary N) is 1. The van der Waals surface area contributed by atoms with E-state index >= 15 is 0 Å². The predicted molar refractivity (Wildman–Crippen MR) is 64.5 cm³/mol. The Kier molecular flexibility index (Phi) is 2.48. The van der Waals surface area contributed by atoms with Crippen molar-refractivity contribution in [2.24, 2.45) is 16.9 Å². The van der Waals surface area contributed by atoms with Gasteiger partial charge in [0.25, 0.3) is 5.91 Å². The SMILES string of the molecule is O=C(N/N=C1/C[C@@H]2C=CC[C@@H]12)c1ccncc1. The summed E-state index contributed by atoms with van der Waals surface area (Å²) >= 11 is 0. The van der Waals surface area contributed by atoms with E-state index in [1.165, 1.54) is 0 Å². The number of carbonyl (C=O) groups is 1. The van der Waals surface area contributed by atoms with Crippen LogP contribution < -0.4 is 5.43 Å². The van der Waals surface area contributed by atoms with Crippen molar-refractivity contribution in [3.8, 4) is 0 Å². The largest absolute Gasteiger partial charge is 0.271 e. The highest BCUT2D eigenvalue weighted by Crippen LogP contribution is 2.39. The summed E-state index contributed by atoms with van der Waals surface area (Å²) in [6.45, 7) is 0. The Morgan fingerprint density at radius 3 is 3.00 bits per heavy atom. The molecule has 1 aromatic heterocycles. The van der Waals surface area contributed by atoms with Gasteiger partial charge in [-0.25, -0.2) is 5.43 Å². The maximum absolute atomic E-state index is 11.7. The molecule has 1 N–H and O–H groups in total.